The number of amides is 2. The fourth-order valence-corrected chi connectivity index (χ4v) is 3.03. The first-order chi connectivity index (χ1) is 14.1. The number of pyridine rings is 2. The lowest BCUT2D eigenvalue weighted by molar-refractivity contribution is 0.0988. The SMILES string of the molecule is CN(C(=O)c1cc(C(=O)Nc2cccc3cccnc23)ccn1)c1ccccc1. The molecule has 142 valence electrons. The Labute approximate surface area is 167 Å². The first kappa shape index (κ1) is 18.3. The van der Waals surface area contributed by atoms with Crippen LogP contribution in [0.4, 0.5) is 11.4 Å². The minimum atomic E-state index is -0.332. The normalized spacial score (nSPS) is 10.5. The second kappa shape index (κ2) is 7.90. The monoisotopic (exact) mass is 382 g/mol. The largest absolute Gasteiger partial charge is 0.320 e. The molecule has 0 aliphatic carbocycles. The standard InChI is InChI=1S/C23H18N4O2/c1-27(18-9-3-2-4-10-18)23(29)20-15-17(12-14-24-20)22(28)26-19-11-5-7-16-8-6-13-25-21(16)19/h2-15H,1H3,(H,26,28). The van der Waals surface area contributed by atoms with Crippen LogP contribution < -0.4 is 10.2 Å². The molecule has 0 fully saturated rings. The van der Waals surface area contributed by atoms with Crippen LogP contribution in [0.25, 0.3) is 10.9 Å². The maximum Gasteiger partial charge on any atom is 0.276 e. The molecule has 1 N–H and O–H groups in total. The van der Waals surface area contributed by atoms with Crippen LogP contribution >= 0.6 is 0 Å². The molecule has 29 heavy (non-hydrogen) atoms. The average molecular weight is 382 g/mol. The van der Waals surface area contributed by atoms with E-state index in [2.05, 4.69) is 15.3 Å². The molecule has 0 spiro atoms. The van der Waals surface area contributed by atoms with E-state index in [1.165, 1.54) is 17.2 Å². The van der Waals surface area contributed by atoms with Gasteiger partial charge in [0.25, 0.3) is 11.8 Å². The molecule has 0 saturated carbocycles. The summed E-state index contributed by atoms with van der Waals surface area (Å²) < 4.78 is 0. The van der Waals surface area contributed by atoms with Crippen molar-refractivity contribution in [1.82, 2.24) is 9.97 Å². The molecule has 0 radical (unpaired) electrons. The van der Waals surface area contributed by atoms with Gasteiger partial charge < -0.3 is 10.2 Å². The fraction of sp³-hybridized carbons (Fsp3) is 0.0435. The second-order valence-electron chi connectivity index (χ2n) is 6.46. The van der Waals surface area contributed by atoms with Crippen molar-refractivity contribution in [2.75, 3.05) is 17.3 Å². The zero-order valence-corrected chi connectivity index (χ0v) is 15.7. The van der Waals surface area contributed by atoms with E-state index in [0.717, 1.165) is 11.1 Å². The Balaban J connectivity index is 1.58. The molecule has 0 aliphatic heterocycles. The summed E-state index contributed by atoms with van der Waals surface area (Å²) >= 11 is 0. The molecule has 4 aromatic rings. The molecular weight excluding hydrogens is 364 g/mol. The van der Waals surface area contributed by atoms with Gasteiger partial charge in [-0.05, 0) is 36.4 Å². The lowest BCUT2D eigenvalue weighted by Gasteiger charge is -2.17. The molecule has 0 bridgehead atoms. The maximum atomic E-state index is 12.8. The molecule has 2 aromatic heterocycles. The van der Waals surface area contributed by atoms with E-state index in [0.29, 0.717) is 16.8 Å². The number of hydrogen-bond acceptors (Lipinski definition) is 4. The summed E-state index contributed by atoms with van der Waals surface area (Å²) in [4.78, 5) is 35.5. The van der Waals surface area contributed by atoms with Crippen LogP contribution in [-0.2, 0) is 0 Å². The fourth-order valence-electron chi connectivity index (χ4n) is 3.03. The molecule has 0 saturated heterocycles. The van der Waals surface area contributed by atoms with Crippen molar-refractivity contribution in [3.63, 3.8) is 0 Å². The van der Waals surface area contributed by atoms with E-state index in [4.69, 9.17) is 0 Å². The van der Waals surface area contributed by atoms with Crippen LogP contribution in [0.2, 0.25) is 0 Å². The molecule has 2 aromatic carbocycles. The summed E-state index contributed by atoms with van der Waals surface area (Å²) in [7, 11) is 1.67. The maximum absolute atomic E-state index is 12.8. The van der Waals surface area contributed by atoms with Crippen LogP contribution in [-0.4, -0.2) is 28.8 Å². The lowest BCUT2D eigenvalue weighted by atomic mass is 10.1. The molecular formula is C23H18N4O2. The van der Waals surface area contributed by atoms with Crippen molar-refractivity contribution in [3.05, 3.63) is 96.4 Å². The van der Waals surface area contributed by atoms with Gasteiger partial charge in [-0.3, -0.25) is 19.6 Å². The Morgan fingerprint density at radius 2 is 1.66 bits per heavy atom. The first-order valence-electron chi connectivity index (χ1n) is 9.08. The molecule has 6 nitrogen and oxygen atoms in total. The molecule has 0 aliphatic rings. The topological polar surface area (TPSA) is 75.2 Å². The van der Waals surface area contributed by atoms with Crippen molar-refractivity contribution in [1.29, 1.82) is 0 Å². The quantitative estimate of drug-likeness (QED) is 0.575. The highest BCUT2D eigenvalue weighted by Gasteiger charge is 2.17. The van der Waals surface area contributed by atoms with Gasteiger partial charge in [0.2, 0.25) is 0 Å². The van der Waals surface area contributed by atoms with Gasteiger partial charge in [-0.25, -0.2) is 0 Å². The number of fused-ring (bicyclic) bond motifs is 1. The molecule has 4 rings (SSSR count). The third-order valence-electron chi connectivity index (χ3n) is 4.57. The number of carbonyl (C=O) groups is 2. The second-order valence-corrected chi connectivity index (χ2v) is 6.46. The third kappa shape index (κ3) is 3.82. The van der Waals surface area contributed by atoms with Gasteiger partial charge in [0.05, 0.1) is 11.2 Å². The number of para-hydroxylation sites is 2. The number of aromatic nitrogens is 2. The zero-order chi connectivity index (χ0) is 20.2. The van der Waals surface area contributed by atoms with Gasteiger partial charge in [-0.1, -0.05) is 36.4 Å². The minimum absolute atomic E-state index is 0.194. The number of nitrogens with zero attached hydrogens (tertiary/aromatic N) is 3. The summed E-state index contributed by atoms with van der Waals surface area (Å²) in [6.07, 6.45) is 3.14. The smallest absolute Gasteiger partial charge is 0.276 e. The van der Waals surface area contributed by atoms with E-state index in [9.17, 15) is 9.59 Å². The van der Waals surface area contributed by atoms with Crippen molar-refractivity contribution < 1.29 is 9.59 Å². The van der Waals surface area contributed by atoms with Crippen LogP contribution in [0.1, 0.15) is 20.8 Å². The van der Waals surface area contributed by atoms with Crippen molar-refractivity contribution in [2.24, 2.45) is 0 Å². The molecule has 0 atom stereocenters. The molecule has 2 amide bonds. The van der Waals surface area contributed by atoms with Crippen molar-refractivity contribution in [2.45, 2.75) is 0 Å². The van der Waals surface area contributed by atoms with E-state index in [1.807, 2.05) is 54.6 Å². The number of rotatable bonds is 4. The number of nitrogens with one attached hydrogen (secondary N) is 1. The molecule has 6 heteroatoms. The van der Waals surface area contributed by atoms with E-state index in [1.54, 1.807) is 25.4 Å². The number of benzene rings is 2. The number of anilines is 2. The van der Waals surface area contributed by atoms with E-state index < -0.39 is 0 Å². The zero-order valence-electron chi connectivity index (χ0n) is 15.7. The van der Waals surface area contributed by atoms with Crippen LogP contribution in [0.5, 0.6) is 0 Å². The highest BCUT2D eigenvalue weighted by molar-refractivity contribution is 6.10. The van der Waals surface area contributed by atoms with Crippen LogP contribution in [0.15, 0.2) is 85.2 Å². The lowest BCUT2D eigenvalue weighted by Crippen LogP contribution is -2.27. The predicted molar refractivity (Wildman–Crippen MR) is 113 cm³/mol. The minimum Gasteiger partial charge on any atom is -0.320 e. The Hall–Kier alpha value is -4.06. The van der Waals surface area contributed by atoms with Crippen LogP contribution in [0.3, 0.4) is 0 Å². The predicted octanol–water partition coefficient (Wildman–Crippen LogP) is 4.16. The van der Waals surface area contributed by atoms with E-state index in [-0.39, 0.29) is 17.5 Å². The third-order valence-corrected chi connectivity index (χ3v) is 4.57. The first-order valence-corrected chi connectivity index (χ1v) is 9.08. The summed E-state index contributed by atoms with van der Waals surface area (Å²) in [5, 5.41) is 3.81. The van der Waals surface area contributed by atoms with Gasteiger partial charge in [-0.2, -0.15) is 0 Å². The summed E-state index contributed by atoms with van der Waals surface area (Å²) in [6, 6.07) is 21.7. The molecule has 0 unspecified atom stereocenters. The van der Waals surface area contributed by atoms with Gasteiger partial charge in [0.15, 0.2) is 0 Å². The van der Waals surface area contributed by atoms with Crippen LogP contribution in [0, 0.1) is 0 Å². The Bertz CT molecular complexity index is 1190. The summed E-state index contributed by atoms with van der Waals surface area (Å²) in [6.45, 7) is 0. The van der Waals surface area contributed by atoms with Gasteiger partial charge in [-0.15, -0.1) is 0 Å². The highest BCUT2D eigenvalue weighted by atomic mass is 16.2. The number of carbonyl (C=O) groups excluding carboxylic acids is 2. The molecule has 2 heterocycles. The Morgan fingerprint density at radius 1 is 0.862 bits per heavy atom. The van der Waals surface area contributed by atoms with Crippen molar-refractivity contribution >= 4 is 34.1 Å². The van der Waals surface area contributed by atoms with Gasteiger partial charge >= 0.3 is 0 Å². The highest BCUT2D eigenvalue weighted by Crippen LogP contribution is 2.21. The number of hydrogen-bond donors (Lipinski definition) is 1. The van der Waals surface area contributed by atoms with E-state index >= 15 is 0 Å². The van der Waals surface area contributed by atoms with Gasteiger partial charge in [0, 0.05) is 36.1 Å². The summed E-state index contributed by atoms with van der Waals surface area (Å²) in [5.41, 5.74) is 2.60. The summed E-state index contributed by atoms with van der Waals surface area (Å²) in [5.74, 6) is -0.625. The van der Waals surface area contributed by atoms with Crippen molar-refractivity contribution in [3.8, 4) is 0 Å². The van der Waals surface area contributed by atoms with Gasteiger partial charge in [0.1, 0.15) is 5.69 Å². The Morgan fingerprint density at radius 3 is 2.48 bits per heavy atom. The average Bonchev–Trinajstić information content (AvgIpc) is 2.79. The Kier molecular flexibility index (Phi) is 4.99.